The van der Waals surface area contributed by atoms with Gasteiger partial charge in [0.15, 0.2) is 17.3 Å². The third-order valence-electron chi connectivity index (χ3n) is 4.00. The van der Waals surface area contributed by atoms with Gasteiger partial charge in [-0.05, 0) is 24.3 Å². The minimum atomic E-state index is -0.786. The number of urea groups is 1. The van der Waals surface area contributed by atoms with Gasteiger partial charge in [0, 0.05) is 11.5 Å². The van der Waals surface area contributed by atoms with Crippen molar-refractivity contribution in [3.63, 3.8) is 0 Å². The summed E-state index contributed by atoms with van der Waals surface area (Å²) in [6, 6.07) is 12.8. The highest BCUT2D eigenvalue weighted by Crippen LogP contribution is 2.37. The molecule has 0 aliphatic carbocycles. The number of amides is 3. The Morgan fingerprint density at radius 1 is 1.00 bits per heavy atom. The number of nitrogens with two attached hydrogens (primary N) is 2. The van der Waals surface area contributed by atoms with Gasteiger partial charge in [0.2, 0.25) is 6.79 Å². The third kappa shape index (κ3) is 2.53. The number of carbonyl (C=O) groups excluding carboxylic acids is 2. The van der Waals surface area contributed by atoms with Gasteiger partial charge in [0.25, 0.3) is 5.91 Å². The number of fused-ring (bicyclic) bond motifs is 2. The molecule has 26 heavy (non-hydrogen) atoms. The summed E-state index contributed by atoms with van der Waals surface area (Å²) in [5.41, 5.74) is 12.1. The predicted molar refractivity (Wildman–Crippen MR) is 94.5 cm³/mol. The van der Waals surface area contributed by atoms with Crippen LogP contribution >= 0.6 is 0 Å². The zero-order valence-electron chi connectivity index (χ0n) is 13.5. The molecule has 0 spiro atoms. The van der Waals surface area contributed by atoms with Crippen LogP contribution in [-0.2, 0) is 0 Å². The summed E-state index contributed by atoms with van der Waals surface area (Å²) in [6.45, 7) is 0.110. The molecule has 3 aromatic rings. The van der Waals surface area contributed by atoms with Gasteiger partial charge in [0.05, 0.1) is 16.8 Å². The Bertz CT molecular complexity index is 1040. The summed E-state index contributed by atoms with van der Waals surface area (Å²) in [5.74, 6) is 0.419. The first-order chi connectivity index (χ1) is 12.5. The molecule has 1 aliphatic heterocycles. The number of rotatable bonds is 3. The molecule has 0 saturated carbocycles. The van der Waals surface area contributed by atoms with Crippen molar-refractivity contribution in [1.82, 2.24) is 4.98 Å². The van der Waals surface area contributed by atoms with Gasteiger partial charge in [-0.1, -0.05) is 18.2 Å². The molecule has 0 saturated heterocycles. The van der Waals surface area contributed by atoms with E-state index >= 15 is 0 Å². The molecule has 2 aromatic carbocycles. The number of para-hydroxylation sites is 1. The van der Waals surface area contributed by atoms with Crippen LogP contribution in [0.2, 0.25) is 0 Å². The van der Waals surface area contributed by atoms with Crippen molar-refractivity contribution in [2.24, 2.45) is 11.5 Å². The van der Waals surface area contributed by atoms with Crippen LogP contribution in [0.1, 0.15) is 10.4 Å². The fourth-order valence-electron chi connectivity index (χ4n) is 2.84. The van der Waals surface area contributed by atoms with Crippen molar-refractivity contribution in [3.8, 4) is 11.5 Å². The van der Waals surface area contributed by atoms with Crippen molar-refractivity contribution in [3.05, 3.63) is 54.1 Å². The first kappa shape index (κ1) is 15.7. The summed E-state index contributed by atoms with van der Waals surface area (Å²) in [4.78, 5) is 29.7. The van der Waals surface area contributed by atoms with Crippen LogP contribution in [0.5, 0.6) is 11.5 Å². The molecule has 2 heterocycles. The van der Waals surface area contributed by atoms with Crippen LogP contribution in [0.25, 0.3) is 10.9 Å². The van der Waals surface area contributed by atoms with E-state index in [9.17, 15) is 9.59 Å². The smallest absolute Gasteiger partial charge is 0.325 e. The first-order valence-corrected chi connectivity index (χ1v) is 7.73. The molecule has 1 aliphatic rings. The lowest BCUT2D eigenvalue weighted by atomic mass is 10.1. The monoisotopic (exact) mass is 350 g/mol. The van der Waals surface area contributed by atoms with Crippen LogP contribution in [0.3, 0.4) is 0 Å². The lowest BCUT2D eigenvalue weighted by molar-refractivity contribution is 0.100. The molecule has 4 N–H and O–H groups in total. The molecule has 0 unspecified atom stereocenters. The van der Waals surface area contributed by atoms with Crippen LogP contribution in [0, 0.1) is 0 Å². The zero-order valence-corrected chi connectivity index (χ0v) is 13.5. The number of pyridine rings is 1. The maximum absolute atomic E-state index is 12.1. The summed E-state index contributed by atoms with van der Waals surface area (Å²) >= 11 is 0. The van der Waals surface area contributed by atoms with Gasteiger partial charge in [0.1, 0.15) is 0 Å². The van der Waals surface area contributed by atoms with Gasteiger partial charge in [-0.3, -0.25) is 4.79 Å². The number of benzene rings is 2. The highest BCUT2D eigenvalue weighted by molar-refractivity contribution is 6.08. The van der Waals surface area contributed by atoms with E-state index in [1.807, 2.05) is 0 Å². The highest BCUT2D eigenvalue weighted by atomic mass is 16.7. The minimum absolute atomic E-state index is 0.0579. The van der Waals surface area contributed by atoms with Crippen molar-refractivity contribution < 1.29 is 19.1 Å². The Morgan fingerprint density at radius 2 is 1.69 bits per heavy atom. The van der Waals surface area contributed by atoms with E-state index in [2.05, 4.69) is 4.98 Å². The van der Waals surface area contributed by atoms with Crippen LogP contribution in [0.15, 0.2) is 48.5 Å². The van der Waals surface area contributed by atoms with Gasteiger partial charge < -0.3 is 20.9 Å². The van der Waals surface area contributed by atoms with Crippen molar-refractivity contribution in [2.75, 3.05) is 11.7 Å². The second kappa shape index (κ2) is 5.92. The molecule has 8 heteroatoms. The predicted octanol–water partition coefficient (Wildman–Crippen LogP) is 2.28. The summed E-state index contributed by atoms with van der Waals surface area (Å²) < 4.78 is 10.7. The molecule has 8 nitrogen and oxygen atoms in total. The highest BCUT2D eigenvalue weighted by Gasteiger charge is 2.24. The standard InChI is InChI=1S/C18H14N4O4/c19-16(23)12-6-10-7-14-15(26-9-25-14)8-13(10)21-17(12)22(18(20)24)11-4-2-1-3-5-11/h1-8H,9H2,(H2,19,23)(H2,20,24). The SMILES string of the molecule is NC(=O)c1cc2cc3c(cc2nc1N(C(N)=O)c1ccccc1)OCO3. The number of nitrogens with zero attached hydrogens (tertiary/aromatic N) is 2. The third-order valence-corrected chi connectivity index (χ3v) is 4.00. The molecular formula is C18H14N4O4. The molecule has 3 amide bonds. The summed E-state index contributed by atoms with van der Waals surface area (Å²) in [5, 5.41) is 0.629. The lowest BCUT2D eigenvalue weighted by Crippen LogP contribution is -2.34. The topological polar surface area (TPSA) is 121 Å². The Kier molecular flexibility index (Phi) is 3.58. The maximum atomic E-state index is 12.1. The molecule has 0 bridgehead atoms. The molecule has 130 valence electrons. The summed E-state index contributed by atoms with van der Waals surface area (Å²) in [7, 11) is 0. The number of aromatic nitrogens is 1. The minimum Gasteiger partial charge on any atom is -0.454 e. The number of anilines is 2. The molecule has 1 aromatic heterocycles. The average molecular weight is 350 g/mol. The number of hydrogen-bond acceptors (Lipinski definition) is 5. The number of ether oxygens (including phenoxy) is 2. The van der Waals surface area contributed by atoms with Gasteiger partial charge in [-0.15, -0.1) is 0 Å². The maximum Gasteiger partial charge on any atom is 0.325 e. The van der Waals surface area contributed by atoms with E-state index in [1.54, 1.807) is 48.5 Å². The Balaban J connectivity index is 1.97. The number of hydrogen-bond donors (Lipinski definition) is 2. The van der Waals surface area contributed by atoms with E-state index in [4.69, 9.17) is 20.9 Å². The summed E-state index contributed by atoms with van der Waals surface area (Å²) in [6.07, 6.45) is 0. The molecule has 0 atom stereocenters. The lowest BCUT2D eigenvalue weighted by Gasteiger charge is -2.22. The van der Waals surface area contributed by atoms with Crippen molar-refractivity contribution >= 4 is 34.3 Å². The average Bonchev–Trinajstić information content (AvgIpc) is 3.07. The molecular weight excluding hydrogens is 336 g/mol. The number of primary amides is 2. The van der Waals surface area contributed by atoms with Crippen LogP contribution < -0.4 is 25.8 Å². The van der Waals surface area contributed by atoms with E-state index in [1.165, 1.54) is 0 Å². The molecule has 4 rings (SSSR count). The van der Waals surface area contributed by atoms with E-state index in [0.29, 0.717) is 28.1 Å². The zero-order chi connectivity index (χ0) is 18.3. The fraction of sp³-hybridized carbons (Fsp3) is 0.0556. The quantitative estimate of drug-likeness (QED) is 0.750. The van der Waals surface area contributed by atoms with Gasteiger partial charge in [-0.2, -0.15) is 0 Å². The fourth-order valence-corrected chi connectivity index (χ4v) is 2.84. The van der Waals surface area contributed by atoms with Crippen molar-refractivity contribution in [2.45, 2.75) is 0 Å². The second-order valence-electron chi connectivity index (χ2n) is 5.63. The number of carbonyl (C=O) groups is 2. The molecule has 0 fully saturated rings. The second-order valence-corrected chi connectivity index (χ2v) is 5.63. The van der Waals surface area contributed by atoms with Gasteiger partial charge in [-0.25, -0.2) is 14.7 Å². The first-order valence-electron chi connectivity index (χ1n) is 7.73. The van der Waals surface area contributed by atoms with Gasteiger partial charge >= 0.3 is 6.03 Å². The van der Waals surface area contributed by atoms with E-state index in [-0.39, 0.29) is 18.2 Å². The Hall–Kier alpha value is -3.81. The van der Waals surface area contributed by atoms with E-state index in [0.717, 1.165) is 4.90 Å². The van der Waals surface area contributed by atoms with Crippen LogP contribution in [-0.4, -0.2) is 23.7 Å². The largest absolute Gasteiger partial charge is 0.454 e. The Labute approximate surface area is 147 Å². The molecule has 0 radical (unpaired) electrons. The normalized spacial score (nSPS) is 12.2. The van der Waals surface area contributed by atoms with Crippen molar-refractivity contribution in [1.29, 1.82) is 0 Å². The van der Waals surface area contributed by atoms with E-state index < -0.39 is 11.9 Å². The Morgan fingerprint density at radius 3 is 2.35 bits per heavy atom. The van der Waals surface area contributed by atoms with Crippen LogP contribution in [0.4, 0.5) is 16.3 Å².